The highest BCUT2D eigenvalue weighted by Crippen LogP contribution is 2.40. The molecule has 2 aromatic heterocycles. The normalized spacial score (nSPS) is 11.6. The van der Waals surface area contributed by atoms with E-state index in [1.165, 1.54) is 21.5 Å². The highest BCUT2D eigenvalue weighted by molar-refractivity contribution is 6.10. The van der Waals surface area contributed by atoms with Crippen molar-refractivity contribution >= 4 is 43.6 Å². The van der Waals surface area contributed by atoms with Crippen molar-refractivity contribution < 1.29 is 4.74 Å². The van der Waals surface area contributed by atoms with Gasteiger partial charge in [0.25, 0.3) is 0 Å². The van der Waals surface area contributed by atoms with E-state index in [0.29, 0.717) is 0 Å². The fraction of sp³-hybridized carbons (Fsp3) is 0. The Labute approximate surface area is 225 Å². The summed E-state index contributed by atoms with van der Waals surface area (Å²) in [6.45, 7) is 0. The molecule has 0 bridgehead atoms. The molecule has 3 nitrogen and oxygen atoms in total. The molecule has 0 N–H and O–H groups in total. The van der Waals surface area contributed by atoms with E-state index in [2.05, 4.69) is 143 Å². The Morgan fingerprint density at radius 2 is 0.590 bits per heavy atom. The Kier molecular flexibility index (Phi) is 4.82. The molecule has 0 spiro atoms. The van der Waals surface area contributed by atoms with Crippen LogP contribution in [0, 0.1) is 0 Å². The molecule has 0 aliphatic carbocycles. The van der Waals surface area contributed by atoms with Crippen LogP contribution in [0.5, 0.6) is 11.5 Å². The summed E-state index contributed by atoms with van der Waals surface area (Å²) in [5.41, 5.74) is 6.64. The maximum absolute atomic E-state index is 6.84. The molecule has 3 heteroatoms. The number of hydrogen-bond donors (Lipinski definition) is 0. The summed E-state index contributed by atoms with van der Waals surface area (Å²) in [6, 6.07) is 50.9. The van der Waals surface area contributed by atoms with Crippen LogP contribution < -0.4 is 4.74 Å². The SMILES string of the molecule is c1ccc(-n2c3ccccc3c3ccccc32)c(Oc2ccccc2-n2c3ccccc3c3ccccc32)c1. The van der Waals surface area contributed by atoms with E-state index < -0.39 is 0 Å². The van der Waals surface area contributed by atoms with E-state index in [0.717, 1.165) is 44.9 Å². The zero-order chi connectivity index (χ0) is 25.8. The van der Waals surface area contributed by atoms with Gasteiger partial charge in [-0.2, -0.15) is 0 Å². The van der Waals surface area contributed by atoms with Gasteiger partial charge in [0.1, 0.15) is 0 Å². The zero-order valence-corrected chi connectivity index (χ0v) is 21.2. The smallest absolute Gasteiger partial charge is 0.151 e. The first-order valence-electron chi connectivity index (χ1n) is 13.2. The van der Waals surface area contributed by atoms with Crippen LogP contribution in [0.1, 0.15) is 0 Å². The summed E-state index contributed by atoms with van der Waals surface area (Å²) in [7, 11) is 0. The number of benzene rings is 6. The van der Waals surface area contributed by atoms with Gasteiger partial charge in [0.05, 0.1) is 33.4 Å². The zero-order valence-electron chi connectivity index (χ0n) is 21.2. The minimum atomic E-state index is 0.803. The van der Waals surface area contributed by atoms with Gasteiger partial charge in [0.2, 0.25) is 0 Å². The van der Waals surface area contributed by atoms with Gasteiger partial charge in [-0.3, -0.25) is 0 Å². The third kappa shape index (κ3) is 3.30. The van der Waals surface area contributed by atoms with Crippen LogP contribution in [0.3, 0.4) is 0 Å². The van der Waals surface area contributed by atoms with Gasteiger partial charge in [-0.15, -0.1) is 0 Å². The van der Waals surface area contributed by atoms with Crippen molar-refractivity contribution in [2.45, 2.75) is 0 Å². The van der Waals surface area contributed by atoms with Crippen molar-refractivity contribution in [2.24, 2.45) is 0 Å². The number of rotatable bonds is 4. The van der Waals surface area contributed by atoms with Crippen molar-refractivity contribution in [1.29, 1.82) is 0 Å². The first kappa shape index (κ1) is 21.8. The van der Waals surface area contributed by atoms with Crippen LogP contribution in [-0.4, -0.2) is 9.13 Å². The molecule has 0 unspecified atom stereocenters. The Hall–Kier alpha value is -5.28. The molecule has 2 heterocycles. The number of nitrogens with zero attached hydrogens (tertiary/aromatic N) is 2. The van der Waals surface area contributed by atoms with Gasteiger partial charge < -0.3 is 13.9 Å². The first-order chi connectivity index (χ1) is 19.4. The van der Waals surface area contributed by atoms with E-state index >= 15 is 0 Å². The molecule has 6 aromatic carbocycles. The first-order valence-corrected chi connectivity index (χ1v) is 13.2. The molecule has 39 heavy (non-hydrogen) atoms. The highest BCUT2D eigenvalue weighted by Gasteiger charge is 2.18. The molecule has 184 valence electrons. The molecule has 0 atom stereocenters. The lowest BCUT2D eigenvalue weighted by atomic mass is 10.2. The lowest BCUT2D eigenvalue weighted by Gasteiger charge is -2.17. The van der Waals surface area contributed by atoms with Gasteiger partial charge in [-0.25, -0.2) is 0 Å². The minimum absolute atomic E-state index is 0.803. The van der Waals surface area contributed by atoms with Crippen LogP contribution in [-0.2, 0) is 0 Å². The molecule has 0 saturated carbocycles. The van der Waals surface area contributed by atoms with Crippen LogP contribution in [0.4, 0.5) is 0 Å². The second-order valence-electron chi connectivity index (χ2n) is 9.78. The van der Waals surface area contributed by atoms with Crippen LogP contribution in [0.2, 0.25) is 0 Å². The number of fused-ring (bicyclic) bond motifs is 6. The summed E-state index contributed by atoms with van der Waals surface area (Å²) in [6.07, 6.45) is 0. The van der Waals surface area contributed by atoms with Crippen molar-refractivity contribution in [3.8, 4) is 22.9 Å². The maximum Gasteiger partial charge on any atom is 0.151 e. The molecular formula is C36H24N2O. The molecule has 0 aliphatic rings. The van der Waals surface area contributed by atoms with E-state index in [1.807, 2.05) is 12.1 Å². The van der Waals surface area contributed by atoms with Gasteiger partial charge in [-0.1, -0.05) is 97.1 Å². The lowest BCUT2D eigenvalue weighted by Crippen LogP contribution is -2.01. The van der Waals surface area contributed by atoms with E-state index in [9.17, 15) is 0 Å². The summed E-state index contributed by atoms with van der Waals surface area (Å²) in [5, 5.41) is 4.92. The number of hydrogen-bond acceptors (Lipinski definition) is 1. The van der Waals surface area contributed by atoms with E-state index in [1.54, 1.807) is 0 Å². The number of para-hydroxylation sites is 8. The molecule has 0 aliphatic heterocycles. The lowest BCUT2D eigenvalue weighted by molar-refractivity contribution is 0.479. The van der Waals surface area contributed by atoms with Crippen molar-refractivity contribution in [3.63, 3.8) is 0 Å². The molecule has 0 saturated heterocycles. The van der Waals surface area contributed by atoms with Crippen LogP contribution in [0.15, 0.2) is 146 Å². The number of aromatic nitrogens is 2. The number of ether oxygens (including phenoxy) is 1. The maximum atomic E-state index is 6.84. The fourth-order valence-corrected chi connectivity index (χ4v) is 5.94. The third-order valence-electron chi connectivity index (χ3n) is 7.59. The van der Waals surface area contributed by atoms with E-state index in [-0.39, 0.29) is 0 Å². The van der Waals surface area contributed by atoms with Crippen LogP contribution >= 0.6 is 0 Å². The second kappa shape index (κ2) is 8.64. The summed E-state index contributed by atoms with van der Waals surface area (Å²) >= 11 is 0. The Balaban J connectivity index is 1.35. The largest absolute Gasteiger partial charge is 0.453 e. The minimum Gasteiger partial charge on any atom is -0.453 e. The quantitative estimate of drug-likeness (QED) is 0.235. The monoisotopic (exact) mass is 500 g/mol. The Morgan fingerprint density at radius 1 is 0.308 bits per heavy atom. The summed E-state index contributed by atoms with van der Waals surface area (Å²) in [5.74, 6) is 1.61. The van der Waals surface area contributed by atoms with Gasteiger partial charge in [0.15, 0.2) is 11.5 Å². The fourth-order valence-electron chi connectivity index (χ4n) is 5.94. The van der Waals surface area contributed by atoms with E-state index in [4.69, 9.17) is 4.74 Å². The van der Waals surface area contributed by atoms with Crippen molar-refractivity contribution in [3.05, 3.63) is 146 Å². The Morgan fingerprint density at radius 3 is 0.949 bits per heavy atom. The topological polar surface area (TPSA) is 19.1 Å². The van der Waals surface area contributed by atoms with Crippen molar-refractivity contribution in [1.82, 2.24) is 9.13 Å². The Bertz CT molecular complexity index is 1900. The standard InChI is InChI=1S/C36H24N2O/c1-5-17-29-25(13-1)26-14-2-6-18-30(26)37(29)33-21-9-11-23-35(33)39-36-24-12-10-22-34(36)38-31-19-7-3-15-27(31)28-16-4-8-20-32(28)38/h1-24H. The second-order valence-corrected chi connectivity index (χ2v) is 9.78. The summed E-state index contributed by atoms with van der Waals surface area (Å²) < 4.78 is 11.5. The third-order valence-corrected chi connectivity index (χ3v) is 7.59. The van der Waals surface area contributed by atoms with Gasteiger partial charge in [-0.05, 0) is 48.5 Å². The molecule has 8 aromatic rings. The average molecular weight is 501 g/mol. The summed E-state index contributed by atoms with van der Waals surface area (Å²) in [4.78, 5) is 0. The molecule has 8 rings (SSSR count). The highest BCUT2D eigenvalue weighted by atomic mass is 16.5. The predicted octanol–water partition coefficient (Wildman–Crippen LogP) is 9.67. The van der Waals surface area contributed by atoms with Crippen molar-refractivity contribution in [2.75, 3.05) is 0 Å². The molecule has 0 fully saturated rings. The predicted molar refractivity (Wildman–Crippen MR) is 162 cm³/mol. The molecule has 0 radical (unpaired) electrons. The molecule has 0 amide bonds. The molecular weight excluding hydrogens is 476 g/mol. The van der Waals surface area contributed by atoms with Crippen LogP contribution in [0.25, 0.3) is 55.0 Å². The van der Waals surface area contributed by atoms with Gasteiger partial charge >= 0.3 is 0 Å². The van der Waals surface area contributed by atoms with Gasteiger partial charge in [0, 0.05) is 21.5 Å². The average Bonchev–Trinajstić information content (AvgIpc) is 3.51.